The van der Waals surface area contributed by atoms with Gasteiger partial charge in [0.2, 0.25) is 5.95 Å². The molecule has 0 unspecified atom stereocenters. The molecule has 0 bridgehead atoms. The van der Waals surface area contributed by atoms with Gasteiger partial charge in [0.05, 0.1) is 17.5 Å². The average Bonchev–Trinajstić information content (AvgIpc) is 2.86. The second kappa shape index (κ2) is 11.3. The quantitative estimate of drug-likeness (QED) is 0.377. The third kappa shape index (κ3) is 6.16. The second-order valence-electron chi connectivity index (χ2n) is 7.20. The molecule has 0 aliphatic heterocycles. The van der Waals surface area contributed by atoms with Gasteiger partial charge < -0.3 is 11.1 Å². The largest absolute Gasteiger partial charge is 0.399 e. The van der Waals surface area contributed by atoms with E-state index < -0.39 is 0 Å². The predicted molar refractivity (Wildman–Crippen MR) is 132 cm³/mol. The van der Waals surface area contributed by atoms with Crippen LogP contribution in [0.5, 0.6) is 0 Å². The zero-order valence-electron chi connectivity index (χ0n) is 18.4. The van der Waals surface area contributed by atoms with Crippen LogP contribution in [0.25, 0.3) is 11.3 Å². The summed E-state index contributed by atoms with van der Waals surface area (Å²) in [5, 5.41) is 12.5. The zero-order chi connectivity index (χ0) is 22.8. The molecule has 0 fully saturated rings. The molecular weight excluding hydrogens is 394 g/mol. The monoisotopic (exact) mass is 421 g/mol. The van der Waals surface area contributed by atoms with E-state index in [2.05, 4.69) is 59.5 Å². The van der Waals surface area contributed by atoms with Crippen LogP contribution in [-0.2, 0) is 12.8 Å². The molecule has 1 heterocycles. The van der Waals surface area contributed by atoms with E-state index in [1.54, 1.807) is 6.20 Å². The number of nitrogen functional groups attached to an aromatic ring is 1. The predicted octanol–water partition coefficient (Wildman–Crippen LogP) is 6.15. The molecule has 0 spiro atoms. The van der Waals surface area contributed by atoms with E-state index >= 15 is 0 Å². The van der Waals surface area contributed by atoms with Gasteiger partial charge in [-0.05, 0) is 48.2 Å². The molecule has 0 atom stereocenters. The number of hydrogen-bond acceptors (Lipinski definition) is 5. The molecule has 0 radical (unpaired) electrons. The van der Waals surface area contributed by atoms with Gasteiger partial charge in [-0.3, -0.25) is 0 Å². The summed E-state index contributed by atoms with van der Waals surface area (Å²) < 4.78 is 0. The molecule has 160 valence electrons. The van der Waals surface area contributed by atoms with Gasteiger partial charge in [-0.15, -0.1) is 0 Å². The van der Waals surface area contributed by atoms with Crippen molar-refractivity contribution in [3.63, 3.8) is 0 Å². The first-order valence-electron chi connectivity index (χ1n) is 10.7. The van der Waals surface area contributed by atoms with Gasteiger partial charge in [-0.1, -0.05) is 68.4 Å². The molecule has 4 rings (SSSR count). The van der Waals surface area contributed by atoms with Crippen LogP contribution >= 0.6 is 0 Å². The first-order chi connectivity index (χ1) is 15.6. The Morgan fingerprint density at radius 2 is 1.44 bits per heavy atom. The van der Waals surface area contributed by atoms with E-state index in [4.69, 9.17) is 5.73 Å². The summed E-state index contributed by atoms with van der Waals surface area (Å²) in [5.41, 5.74) is 11.9. The van der Waals surface area contributed by atoms with Crippen LogP contribution in [0.15, 0.2) is 85.1 Å². The number of aryl methyl sites for hydroxylation is 2. The fraction of sp³-hybridized carbons (Fsp3) is 0.148. The van der Waals surface area contributed by atoms with Crippen molar-refractivity contribution in [3.05, 3.63) is 102 Å². The lowest BCUT2D eigenvalue weighted by Crippen LogP contribution is -2.00. The van der Waals surface area contributed by atoms with Gasteiger partial charge in [0.15, 0.2) is 0 Å². The molecule has 0 aliphatic carbocycles. The Morgan fingerprint density at radius 1 is 0.844 bits per heavy atom. The Morgan fingerprint density at radius 3 is 2.00 bits per heavy atom. The second-order valence-corrected chi connectivity index (χ2v) is 7.20. The summed E-state index contributed by atoms with van der Waals surface area (Å²) in [5.74, 6) is 0.479. The van der Waals surface area contributed by atoms with Crippen molar-refractivity contribution in [2.45, 2.75) is 26.7 Å². The Kier molecular flexibility index (Phi) is 7.94. The number of nitrogens with two attached hydrogens (primary N) is 1. The molecular formula is C27H27N5. The molecule has 0 amide bonds. The highest BCUT2D eigenvalue weighted by atomic mass is 15.1. The highest BCUT2D eigenvalue weighted by Crippen LogP contribution is 2.23. The molecule has 5 nitrogen and oxygen atoms in total. The lowest BCUT2D eigenvalue weighted by Gasteiger charge is -2.08. The molecule has 3 aromatic carbocycles. The van der Waals surface area contributed by atoms with Crippen molar-refractivity contribution < 1.29 is 0 Å². The molecule has 0 aliphatic rings. The standard InChI is InChI=1S/C19H16N4.C8H11N/c1-2-14-8-10-17(11-9-14)22-19-21-13-16(12-20)18(23-19)15-6-4-3-5-7-15;1-2-7-3-5-8(9)6-4-7/h3-11,13H,2H2,1H3,(H,21,22,23);3-6H,2,9H2,1H3. The van der Waals surface area contributed by atoms with Crippen molar-refractivity contribution in [3.8, 4) is 17.3 Å². The number of nitriles is 1. The Hall–Kier alpha value is -4.17. The lowest BCUT2D eigenvalue weighted by molar-refractivity contribution is 1.13. The van der Waals surface area contributed by atoms with Crippen LogP contribution in [0.4, 0.5) is 17.3 Å². The Bertz CT molecular complexity index is 1160. The van der Waals surface area contributed by atoms with Crippen molar-refractivity contribution in [2.24, 2.45) is 0 Å². The van der Waals surface area contributed by atoms with E-state index in [0.29, 0.717) is 17.2 Å². The highest BCUT2D eigenvalue weighted by molar-refractivity contribution is 5.68. The van der Waals surface area contributed by atoms with Crippen molar-refractivity contribution in [2.75, 3.05) is 11.1 Å². The van der Waals surface area contributed by atoms with Crippen molar-refractivity contribution >= 4 is 17.3 Å². The minimum absolute atomic E-state index is 0.461. The van der Waals surface area contributed by atoms with Crippen LogP contribution in [-0.4, -0.2) is 9.97 Å². The van der Waals surface area contributed by atoms with Crippen LogP contribution in [0.3, 0.4) is 0 Å². The summed E-state index contributed by atoms with van der Waals surface area (Å²) in [6, 6.07) is 27.9. The Balaban J connectivity index is 0.000000269. The number of benzene rings is 3. The maximum Gasteiger partial charge on any atom is 0.227 e. The van der Waals surface area contributed by atoms with Crippen LogP contribution in [0.2, 0.25) is 0 Å². The molecule has 0 saturated heterocycles. The third-order valence-electron chi connectivity index (χ3n) is 4.96. The van der Waals surface area contributed by atoms with Gasteiger partial charge >= 0.3 is 0 Å². The Labute approximate surface area is 189 Å². The number of aromatic nitrogens is 2. The molecule has 32 heavy (non-hydrogen) atoms. The number of hydrogen-bond donors (Lipinski definition) is 2. The topological polar surface area (TPSA) is 87.6 Å². The summed E-state index contributed by atoms with van der Waals surface area (Å²) in [6.07, 6.45) is 3.64. The van der Waals surface area contributed by atoms with E-state index in [1.165, 1.54) is 11.1 Å². The first-order valence-corrected chi connectivity index (χ1v) is 10.7. The summed E-state index contributed by atoms with van der Waals surface area (Å²) in [7, 11) is 0. The number of nitrogens with one attached hydrogen (secondary N) is 1. The summed E-state index contributed by atoms with van der Waals surface area (Å²) in [6.45, 7) is 4.25. The summed E-state index contributed by atoms with van der Waals surface area (Å²) >= 11 is 0. The molecule has 0 saturated carbocycles. The number of rotatable bonds is 5. The van der Waals surface area contributed by atoms with Crippen LogP contribution < -0.4 is 11.1 Å². The number of anilines is 3. The smallest absolute Gasteiger partial charge is 0.227 e. The molecule has 4 aromatic rings. The maximum atomic E-state index is 9.27. The van der Waals surface area contributed by atoms with Crippen LogP contribution in [0, 0.1) is 11.3 Å². The fourth-order valence-corrected chi connectivity index (χ4v) is 3.05. The first kappa shape index (κ1) is 22.5. The van der Waals surface area contributed by atoms with Crippen molar-refractivity contribution in [1.29, 1.82) is 5.26 Å². The minimum atomic E-state index is 0.461. The molecule has 5 heteroatoms. The normalized spacial score (nSPS) is 9.91. The minimum Gasteiger partial charge on any atom is -0.399 e. The third-order valence-corrected chi connectivity index (χ3v) is 4.96. The SMILES string of the molecule is CCc1ccc(N)cc1.CCc1ccc(Nc2ncc(C#N)c(-c3ccccc3)n2)cc1. The van der Waals surface area contributed by atoms with Gasteiger partial charge in [0, 0.05) is 16.9 Å². The van der Waals surface area contributed by atoms with E-state index in [1.807, 2.05) is 54.6 Å². The van der Waals surface area contributed by atoms with E-state index in [0.717, 1.165) is 29.8 Å². The van der Waals surface area contributed by atoms with Crippen LogP contribution in [0.1, 0.15) is 30.5 Å². The highest BCUT2D eigenvalue weighted by Gasteiger charge is 2.09. The van der Waals surface area contributed by atoms with Gasteiger partial charge in [-0.2, -0.15) is 5.26 Å². The summed E-state index contributed by atoms with van der Waals surface area (Å²) in [4.78, 5) is 8.74. The van der Waals surface area contributed by atoms with E-state index in [9.17, 15) is 5.26 Å². The number of nitrogens with zero attached hydrogens (tertiary/aromatic N) is 3. The van der Waals surface area contributed by atoms with Crippen molar-refractivity contribution in [1.82, 2.24) is 9.97 Å². The molecule has 1 aromatic heterocycles. The van der Waals surface area contributed by atoms with E-state index in [-0.39, 0.29) is 0 Å². The fourth-order valence-electron chi connectivity index (χ4n) is 3.05. The average molecular weight is 422 g/mol. The maximum absolute atomic E-state index is 9.27. The van der Waals surface area contributed by atoms with Gasteiger partial charge in [0.1, 0.15) is 6.07 Å². The van der Waals surface area contributed by atoms with Gasteiger partial charge in [0.25, 0.3) is 0 Å². The lowest BCUT2D eigenvalue weighted by atomic mass is 10.1. The molecule has 3 N–H and O–H groups in total. The van der Waals surface area contributed by atoms with Gasteiger partial charge in [-0.25, -0.2) is 9.97 Å². The zero-order valence-corrected chi connectivity index (χ0v) is 18.4.